The van der Waals surface area contributed by atoms with Crippen molar-refractivity contribution >= 4 is 16.0 Å². The highest BCUT2D eigenvalue weighted by molar-refractivity contribution is 7.89. The van der Waals surface area contributed by atoms with Gasteiger partial charge in [0.15, 0.2) is 5.03 Å². The molecule has 0 bridgehead atoms. The van der Waals surface area contributed by atoms with E-state index in [0.29, 0.717) is 0 Å². The molecule has 36 heavy (non-hydrogen) atoms. The van der Waals surface area contributed by atoms with Crippen molar-refractivity contribution in [1.29, 1.82) is 5.26 Å². The van der Waals surface area contributed by atoms with Gasteiger partial charge in [0.1, 0.15) is 23.9 Å². The van der Waals surface area contributed by atoms with E-state index in [-0.39, 0.29) is 41.8 Å². The Morgan fingerprint density at radius 2 is 2.08 bits per heavy atom. The van der Waals surface area contributed by atoms with Crippen molar-refractivity contribution in [3.63, 3.8) is 0 Å². The minimum Gasteiger partial charge on any atom is -0.470 e. The van der Waals surface area contributed by atoms with Crippen LogP contribution in [0.4, 0.5) is 19.1 Å². The second-order valence-electron chi connectivity index (χ2n) is 9.13. The quantitative estimate of drug-likeness (QED) is 0.580. The number of anilines is 1. The number of aliphatic hydroxyl groups is 1. The van der Waals surface area contributed by atoms with Crippen molar-refractivity contribution in [3.8, 4) is 11.9 Å². The molecule has 10 nitrogen and oxygen atoms in total. The van der Waals surface area contributed by atoms with Crippen molar-refractivity contribution in [3.05, 3.63) is 36.2 Å². The molecule has 1 saturated heterocycles. The van der Waals surface area contributed by atoms with Crippen LogP contribution in [0.3, 0.4) is 0 Å². The van der Waals surface area contributed by atoms with Gasteiger partial charge in [-0.3, -0.25) is 0 Å². The van der Waals surface area contributed by atoms with Crippen LogP contribution in [0.2, 0.25) is 0 Å². The molecule has 4 rings (SSSR count). The summed E-state index contributed by atoms with van der Waals surface area (Å²) < 4.78 is 74.9. The highest BCUT2D eigenvalue weighted by Crippen LogP contribution is 2.40. The van der Waals surface area contributed by atoms with Crippen LogP contribution in [-0.2, 0) is 10.0 Å². The van der Waals surface area contributed by atoms with E-state index in [1.54, 1.807) is 6.07 Å². The third kappa shape index (κ3) is 5.53. The molecule has 4 atom stereocenters. The van der Waals surface area contributed by atoms with Gasteiger partial charge >= 0.3 is 0 Å². The fourth-order valence-corrected chi connectivity index (χ4v) is 5.54. The predicted octanol–water partition coefficient (Wildman–Crippen LogP) is 2.27. The third-order valence-electron chi connectivity index (χ3n) is 6.36. The molecule has 2 fully saturated rings. The SMILES string of the molecule is C[C@]1(O)CCC(F)(F)C[C@H]1Oc1nc(N[C@H]2CCN(S(=O)(=O)c3ccccn3)C[C@@H]2F)ncc1C#N. The highest BCUT2D eigenvalue weighted by atomic mass is 32.2. The van der Waals surface area contributed by atoms with Crippen molar-refractivity contribution in [2.24, 2.45) is 0 Å². The van der Waals surface area contributed by atoms with Gasteiger partial charge in [0, 0.05) is 25.7 Å². The van der Waals surface area contributed by atoms with Crippen LogP contribution >= 0.6 is 0 Å². The van der Waals surface area contributed by atoms with Gasteiger partial charge in [0.25, 0.3) is 15.9 Å². The summed E-state index contributed by atoms with van der Waals surface area (Å²) in [5.41, 5.74) is -1.71. The van der Waals surface area contributed by atoms with Gasteiger partial charge in [-0.2, -0.15) is 14.6 Å². The average Bonchev–Trinajstić information content (AvgIpc) is 2.84. The molecule has 0 spiro atoms. The molecule has 2 aromatic heterocycles. The zero-order valence-corrected chi connectivity index (χ0v) is 20.1. The summed E-state index contributed by atoms with van der Waals surface area (Å²) in [6, 6.07) is 5.38. The van der Waals surface area contributed by atoms with Crippen LogP contribution in [0.15, 0.2) is 35.6 Å². The number of halogens is 3. The Kier molecular flexibility index (Phi) is 7.09. The first-order chi connectivity index (χ1) is 16.9. The Morgan fingerprint density at radius 3 is 2.75 bits per heavy atom. The minimum atomic E-state index is -3.96. The first kappa shape index (κ1) is 26.1. The van der Waals surface area contributed by atoms with Crippen molar-refractivity contribution in [2.45, 2.75) is 67.5 Å². The van der Waals surface area contributed by atoms with Crippen LogP contribution in [0, 0.1) is 11.3 Å². The van der Waals surface area contributed by atoms with Gasteiger partial charge in [-0.15, -0.1) is 0 Å². The standard InChI is InChI=1S/C22H25F3N6O4S/c1-21(32)6-7-22(24,25)10-17(21)35-19-14(11-26)12-28-20(30-19)29-16-5-9-31(13-15(16)23)36(33,34)18-4-2-3-8-27-18/h2-4,8,12,15-17,32H,5-7,9-10,13H2,1H3,(H,28,29,30)/t15-,16-,17+,21-/m0/s1. The number of alkyl halides is 3. The third-order valence-corrected chi connectivity index (χ3v) is 8.14. The number of ether oxygens (including phenoxy) is 1. The highest BCUT2D eigenvalue weighted by Gasteiger charge is 2.49. The van der Waals surface area contributed by atoms with E-state index in [1.807, 2.05) is 6.07 Å². The Bertz CT molecular complexity index is 1240. The van der Waals surface area contributed by atoms with E-state index in [0.717, 1.165) is 10.5 Å². The molecule has 1 saturated carbocycles. The number of hydrogen-bond acceptors (Lipinski definition) is 9. The van der Waals surface area contributed by atoms with Gasteiger partial charge in [-0.1, -0.05) is 6.07 Å². The summed E-state index contributed by atoms with van der Waals surface area (Å²) in [6.45, 7) is 0.965. The molecule has 0 radical (unpaired) electrons. The lowest BCUT2D eigenvalue weighted by molar-refractivity contribution is -0.155. The van der Waals surface area contributed by atoms with Gasteiger partial charge in [-0.05, 0) is 31.9 Å². The summed E-state index contributed by atoms with van der Waals surface area (Å²) in [6.07, 6.45) is -1.88. The van der Waals surface area contributed by atoms with E-state index in [4.69, 9.17) is 4.74 Å². The number of hydrogen-bond donors (Lipinski definition) is 2. The Morgan fingerprint density at radius 1 is 1.31 bits per heavy atom. The maximum absolute atomic E-state index is 15.0. The van der Waals surface area contributed by atoms with Crippen molar-refractivity contribution in [2.75, 3.05) is 18.4 Å². The maximum Gasteiger partial charge on any atom is 0.260 e. The van der Waals surface area contributed by atoms with Crippen LogP contribution in [0.5, 0.6) is 5.88 Å². The Hall–Kier alpha value is -3.02. The van der Waals surface area contributed by atoms with Gasteiger partial charge in [-0.25, -0.2) is 31.6 Å². The second-order valence-corrected chi connectivity index (χ2v) is 11.0. The largest absolute Gasteiger partial charge is 0.470 e. The average molecular weight is 527 g/mol. The van der Waals surface area contributed by atoms with E-state index < -0.39 is 59.3 Å². The van der Waals surface area contributed by atoms with E-state index in [2.05, 4.69) is 20.3 Å². The molecule has 3 heterocycles. The summed E-state index contributed by atoms with van der Waals surface area (Å²) >= 11 is 0. The monoisotopic (exact) mass is 526 g/mol. The number of nitriles is 1. The first-order valence-corrected chi connectivity index (χ1v) is 12.7. The van der Waals surface area contributed by atoms with Gasteiger partial charge in [0.05, 0.1) is 24.3 Å². The van der Waals surface area contributed by atoms with Gasteiger partial charge < -0.3 is 15.2 Å². The van der Waals surface area contributed by atoms with E-state index >= 15 is 0 Å². The molecule has 194 valence electrons. The number of rotatable bonds is 6. The molecule has 2 aromatic rings. The van der Waals surface area contributed by atoms with E-state index in [1.165, 1.54) is 25.3 Å². The second kappa shape index (κ2) is 9.79. The molecular weight excluding hydrogens is 501 g/mol. The lowest BCUT2D eigenvalue weighted by Gasteiger charge is -2.40. The number of nitrogens with zero attached hydrogens (tertiary/aromatic N) is 5. The fraction of sp³-hybridized carbons (Fsp3) is 0.545. The van der Waals surface area contributed by atoms with Crippen LogP contribution in [-0.4, -0.2) is 75.7 Å². The predicted molar refractivity (Wildman–Crippen MR) is 121 cm³/mol. The normalized spacial score (nSPS) is 28.7. The maximum atomic E-state index is 15.0. The van der Waals surface area contributed by atoms with E-state index in [9.17, 15) is 32.0 Å². The van der Waals surface area contributed by atoms with Crippen LogP contribution in [0.25, 0.3) is 0 Å². The van der Waals surface area contributed by atoms with Crippen LogP contribution in [0.1, 0.15) is 38.2 Å². The summed E-state index contributed by atoms with van der Waals surface area (Å²) in [5, 5.41) is 22.5. The van der Waals surface area contributed by atoms with Gasteiger partial charge in [0.2, 0.25) is 11.8 Å². The molecule has 14 heteroatoms. The number of sulfonamides is 1. The zero-order valence-electron chi connectivity index (χ0n) is 19.3. The molecule has 2 N–H and O–H groups in total. The smallest absolute Gasteiger partial charge is 0.260 e. The van der Waals surface area contributed by atoms with Crippen molar-refractivity contribution < 1.29 is 31.4 Å². The Balaban J connectivity index is 1.47. The molecule has 2 aliphatic rings. The minimum absolute atomic E-state index is 0.0106. The van der Waals surface area contributed by atoms with Crippen LogP contribution < -0.4 is 10.1 Å². The van der Waals surface area contributed by atoms with Crippen molar-refractivity contribution in [1.82, 2.24) is 19.3 Å². The number of pyridine rings is 1. The molecule has 0 amide bonds. The summed E-state index contributed by atoms with van der Waals surface area (Å²) in [7, 11) is -3.96. The molecular formula is C22H25F3N6O4S. The molecule has 0 unspecified atom stereocenters. The first-order valence-electron chi connectivity index (χ1n) is 11.3. The fourth-order valence-electron chi connectivity index (χ4n) is 4.15. The zero-order chi connectivity index (χ0) is 26.1. The number of aromatic nitrogens is 3. The number of nitrogens with one attached hydrogen (secondary N) is 1. The molecule has 1 aliphatic heterocycles. The lowest BCUT2D eigenvalue weighted by Crippen LogP contribution is -2.51. The lowest BCUT2D eigenvalue weighted by atomic mass is 9.81. The number of piperidine rings is 1. The molecule has 0 aromatic carbocycles. The summed E-state index contributed by atoms with van der Waals surface area (Å²) in [4.78, 5) is 11.9. The summed E-state index contributed by atoms with van der Waals surface area (Å²) in [5.74, 6) is -3.48. The topological polar surface area (TPSA) is 141 Å². The Labute approximate surface area is 206 Å². The molecule has 1 aliphatic carbocycles.